The van der Waals surface area contributed by atoms with Gasteiger partial charge in [0, 0.05) is 13.0 Å². The summed E-state index contributed by atoms with van der Waals surface area (Å²) in [7, 11) is 0. The highest BCUT2D eigenvalue weighted by Crippen LogP contribution is 2.23. The molecule has 0 spiro atoms. The van der Waals surface area contributed by atoms with Crippen LogP contribution in [-0.2, 0) is 0 Å². The van der Waals surface area contributed by atoms with Crippen molar-refractivity contribution in [2.45, 2.75) is 31.9 Å². The predicted octanol–water partition coefficient (Wildman–Crippen LogP) is 2.00. The Labute approximate surface area is 88.6 Å². The molecule has 1 aliphatic rings. The van der Waals surface area contributed by atoms with Gasteiger partial charge in [0.1, 0.15) is 0 Å². The number of alkyl halides is 3. The molecule has 2 N–H and O–H groups in total. The summed E-state index contributed by atoms with van der Waals surface area (Å²) in [6.07, 6.45) is -2.67. The van der Waals surface area contributed by atoms with Gasteiger partial charge in [0.25, 0.3) is 0 Å². The molecular formula is C10H19F3N2. The van der Waals surface area contributed by atoms with Gasteiger partial charge in [-0.1, -0.05) is 0 Å². The molecule has 0 aliphatic carbocycles. The van der Waals surface area contributed by atoms with Crippen molar-refractivity contribution in [3.8, 4) is 0 Å². The van der Waals surface area contributed by atoms with E-state index in [2.05, 4.69) is 4.90 Å². The monoisotopic (exact) mass is 224 g/mol. The van der Waals surface area contributed by atoms with Crippen molar-refractivity contribution < 1.29 is 13.2 Å². The quantitative estimate of drug-likeness (QED) is 0.724. The van der Waals surface area contributed by atoms with E-state index in [1.807, 2.05) is 0 Å². The highest BCUT2D eigenvalue weighted by molar-refractivity contribution is 4.75. The lowest BCUT2D eigenvalue weighted by Gasteiger charge is -2.15. The summed E-state index contributed by atoms with van der Waals surface area (Å²) in [5, 5.41) is 0. The lowest BCUT2D eigenvalue weighted by molar-refractivity contribution is -0.135. The van der Waals surface area contributed by atoms with E-state index in [0.29, 0.717) is 18.9 Å². The Morgan fingerprint density at radius 1 is 1.27 bits per heavy atom. The molecule has 5 heteroatoms. The SMILES string of the molecule is NCC1CCN(CCCCC(F)(F)F)C1. The minimum atomic E-state index is -4.00. The third-order valence-corrected chi connectivity index (χ3v) is 2.89. The number of hydrogen-bond acceptors (Lipinski definition) is 2. The molecule has 0 amide bonds. The number of hydrogen-bond donors (Lipinski definition) is 1. The van der Waals surface area contributed by atoms with Crippen molar-refractivity contribution in [3.05, 3.63) is 0 Å². The second-order valence-corrected chi connectivity index (χ2v) is 4.26. The van der Waals surface area contributed by atoms with Crippen molar-refractivity contribution in [1.29, 1.82) is 0 Å². The molecule has 15 heavy (non-hydrogen) atoms. The first-order chi connectivity index (χ1) is 7.01. The minimum absolute atomic E-state index is 0.243. The van der Waals surface area contributed by atoms with Crippen LogP contribution in [-0.4, -0.2) is 37.3 Å². The minimum Gasteiger partial charge on any atom is -0.330 e. The average molecular weight is 224 g/mol. The molecule has 0 radical (unpaired) electrons. The zero-order chi connectivity index (χ0) is 11.3. The van der Waals surface area contributed by atoms with Crippen LogP contribution in [0.25, 0.3) is 0 Å². The lowest BCUT2D eigenvalue weighted by Crippen LogP contribution is -2.24. The summed E-state index contributed by atoms with van der Waals surface area (Å²) in [6.45, 7) is 3.43. The standard InChI is InChI=1S/C10H19F3N2/c11-10(12,13)4-1-2-5-15-6-3-9(7-14)8-15/h9H,1-8,14H2. The summed E-state index contributed by atoms with van der Waals surface area (Å²) in [5.41, 5.74) is 5.53. The van der Waals surface area contributed by atoms with Crippen molar-refractivity contribution in [3.63, 3.8) is 0 Å². The van der Waals surface area contributed by atoms with Gasteiger partial charge in [-0.3, -0.25) is 0 Å². The third kappa shape index (κ3) is 5.37. The van der Waals surface area contributed by atoms with Crippen molar-refractivity contribution in [2.24, 2.45) is 11.7 Å². The van der Waals surface area contributed by atoms with Gasteiger partial charge in [0.2, 0.25) is 0 Å². The molecule has 1 heterocycles. The fourth-order valence-electron chi connectivity index (χ4n) is 1.97. The Bertz CT molecular complexity index is 182. The topological polar surface area (TPSA) is 29.3 Å². The summed E-state index contributed by atoms with van der Waals surface area (Å²) in [6, 6.07) is 0. The van der Waals surface area contributed by atoms with Gasteiger partial charge >= 0.3 is 6.18 Å². The molecule has 1 aliphatic heterocycles. The van der Waals surface area contributed by atoms with Gasteiger partial charge in [0.05, 0.1) is 0 Å². The largest absolute Gasteiger partial charge is 0.389 e. The van der Waals surface area contributed by atoms with Crippen molar-refractivity contribution >= 4 is 0 Å². The number of unbranched alkanes of at least 4 members (excludes halogenated alkanes) is 1. The number of halogens is 3. The number of likely N-dealkylation sites (tertiary alicyclic amines) is 1. The normalized spacial score (nSPS) is 23.6. The van der Waals surface area contributed by atoms with Crippen LogP contribution < -0.4 is 5.73 Å². The number of nitrogens with two attached hydrogens (primary N) is 1. The summed E-state index contributed by atoms with van der Waals surface area (Å²) < 4.78 is 35.5. The van der Waals surface area contributed by atoms with Crippen LogP contribution in [0.4, 0.5) is 13.2 Å². The van der Waals surface area contributed by atoms with E-state index in [1.165, 1.54) is 0 Å². The van der Waals surface area contributed by atoms with E-state index in [4.69, 9.17) is 5.73 Å². The second-order valence-electron chi connectivity index (χ2n) is 4.26. The fraction of sp³-hybridized carbons (Fsp3) is 1.00. The molecule has 0 saturated carbocycles. The smallest absolute Gasteiger partial charge is 0.330 e. The van der Waals surface area contributed by atoms with Crippen LogP contribution in [0.15, 0.2) is 0 Å². The van der Waals surface area contributed by atoms with Crippen LogP contribution >= 0.6 is 0 Å². The predicted molar refractivity (Wildman–Crippen MR) is 53.5 cm³/mol. The number of nitrogens with zero attached hydrogens (tertiary/aromatic N) is 1. The van der Waals surface area contributed by atoms with E-state index in [0.717, 1.165) is 26.1 Å². The number of rotatable bonds is 5. The van der Waals surface area contributed by atoms with Gasteiger partial charge in [-0.2, -0.15) is 13.2 Å². The molecule has 1 fully saturated rings. The first kappa shape index (κ1) is 12.8. The Kier molecular flexibility index (Phi) is 4.86. The van der Waals surface area contributed by atoms with Crippen LogP contribution in [0.2, 0.25) is 0 Å². The molecular weight excluding hydrogens is 205 g/mol. The molecule has 2 nitrogen and oxygen atoms in total. The maximum Gasteiger partial charge on any atom is 0.389 e. The van der Waals surface area contributed by atoms with Gasteiger partial charge in [-0.15, -0.1) is 0 Å². The molecule has 1 rings (SSSR count). The average Bonchev–Trinajstić information content (AvgIpc) is 2.59. The maximum absolute atomic E-state index is 11.8. The Morgan fingerprint density at radius 2 is 2.00 bits per heavy atom. The van der Waals surface area contributed by atoms with E-state index in [-0.39, 0.29) is 6.42 Å². The van der Waals surface area contributed by atoms with Gasteiger partial charge in [-0.05, 0) is 44.8 Å². The van der Waals surface area contributed by atoms with E-state index < -0.39 is 12.6 Å². The summed E-state index contributed by atoms with van der Waals surface area (Å²) >= 11 is 0. The summed E-state index contributed by atoms with van der Waals surface area (Å²) in [4.78, 5) is 2.22. The molecule has 0 aromatic heterocycles. The van der Waals surface area contributed by atoms with E-state index in [1.54, 1.807) is 0 Å². The Morgan fingerprint density at radius 3 is 2.53 bits per heavy atom. The highest BCUT2D eigenvalue weighted by atomic mass is 19.4. The molecule has 0 bridgehead atoms. The molecule has 1 atom stereocenters. The van der Waals surface area contributed by atoms with Crippen molar-refractivity contribution in [1.82, 2.24) is 4.90 Å². The van der Waals surface area contributed by atoms with Crippen LogP contribution in [0.3, 0.4) is 0 Å². The van der Waals surface area contributed by atoms with Gasteiger partial charge in [-0.25, -0.2) is 0 Å². The second kappa shape index (κ2) is 5.70. The lowest BCUT2D eigenvalue weighted by atomic mass is 10.1. The first-order valence-corrected chi connectivity index (χ1v) is 5.50. The van der Waals surface area contributed by atoms with Gasteiger partial charge < -0.3 is 10.6 Å². The highest BCUT2D eigenvalue weighted by Gasteiger charge is 2.26. The summed E-state index contributed by atoms with van der Waals surface area (Å²) in [5.74, 6) is 0.549. The van der Waals surface area contributed by atoms with Crippen LogP contribution in [0, 0.1) is 5.92 Å². The molecule has 90 valence electrons. The first-order valence-electron chi connectivity index (χ1n) is 5.50. The van der Waals surface area contributed by atoms with Crippen LogP contribution in [0.1, 0.15) is 25.7 Å². The molecule has 0 aromatic carbocycles. The Balaban J connectivity index is 2.02. The van der Waals surface area contributed by atoms with Crippen molar-refractivity contribution in [2.75, 3.05) is 26.2 Å². The fourth-order valence-corrected chi connectivity index (χ4v) is 1.97. The van der Waals surface area contributed by atoms with Gasteiger partial charge in [0.15, 0.2) is 0 Å². The molecule has 1 saturated heterocycles. The Hall–Kier alpha value is -0.290. The zero-order valence-corrected chi connectivity index (χ0v) is 8.89. The van der Waals surface area contributed by atoms with Crippen LogP contribution in [0.5, 0.6) is 0 Å². The maximum atomic E-state index is 11.8. The van der Waals surface area contributed by atoms with E-state index >= 15 is 0 Å². The zero-order valence-electron chi connectivity index (χ0n) is 8.89. The molecule has 1 unspecified atom stereocenters. The molecule has 0 aromatic rings. The third-order valence-electron chi connectivity index (χ3n) is 2.89. The van der Waals surface area contributed by atoms with E-state index in [9.17, 15) is 13.2 Å².